The van der Waals surface area contributed by atoms with Crippen LogP contribution >= 0.6 is 39.1 Å². The molecule has 0 amide bonds. The molecule has 0 saturated carbocycles. The van der Waals surface area contributed by atoms with E-state index in [2.05, 4.69) is 15.9 Å². The summed E-state index contributed by atoms with van der Waals surface area (Å²) in [5.41, 5.74) is 1.75. The lowest BCUT2D eigenvalue weighted by molar-refractivity contribution is -0.142. The minimum absolute atomic E-state index is 0.317. The summed E-state index contributed by atoms with van der Waals surface area (Å²) in [6, 6.07) is 12.9. The summed E-state index contributed by atoms with van der Waals surface area (Å²) >= 11 is 15.5. The molecule has 0 saturated heterocycles. The van der Waals surface area contributed by atoms with E-state index >= 15 is 0 Å². The predicted molar refractivity (Wildman–Crippen MR) is 89.1 cm³/mol. The Morgan fingerprint density at radius 2 is 1.86 bits per heavy atom. The Kier molecular flexibility index (Phi) is 5.68. The van der Waals surface area contributed by atoms with Gasteiger partial charge in [0, 0.05) is 14.5 Å². The number of methoxy groups -OCH3 is 1. The first kappa shape index (κ1) is 16.3. The van der Waals surface area contributed by atoms with Crippen molar-refractivity contribution in [2.24, 2.45) is 0 Å². The fourth-order valence-corrected chi connectivity index (χ4v) is 2.91. The first-order valence-corrected chi connectivity index (χ1v) is 7.83. The monoisotopic (exact) mass is 386 g/mol. The van der Waals surface area contributed by atoms with Crippen molar-refractivity contribution >= 4 is 45.1 Å². The topological polar surface area (TPSA) is 26.3 Å². The maximum atomic E-state index is 12.1. The molecule has 2 rings (SSSR count). The van der Waals surface area contributed by atoms with Gasteiger partial charge in [0.1, 0.15) is 0 Å². The number of hydrogen-bond acceptors (Lipinski definition) is 2. The van der Waals surface area contributed by atoms with Gasteiger partial charge in [-0.15, -0.1) is 0 Å². The van der Waals surface area contributed by atoms with Crippen LogP contribution in [0.1, 0.15) is 17.0 Å². The molecular weight excluding hydrogens is 375 g/mol. The van der Waals surface area contributed by atoms with Gasteiger partial charge in [-0.05, 0) is 41.8 Å². The highest BCUT2D eigenvalue weighted by Gasteiger charge is 2.24. The fraction of sp³-hybridized carbons (Fsp3) is 0.188. The molecule has 5 heteroatoms. The van der Waals surface area contributed by atoms with Crippen molar-refractivity contribution < 1.29 is 9.53 Å². The maximum Gasteiger partial charge on any atom is 0.313 e. The number of benzene rings is 2. The Labute approximate surface area is 142 Å². The highest BCUT2D eigenvalue weighted by Crippen LogP contribution is 2.31. The third kappa shape index (κ3) is 4.22. The molecule has 0 aliphatic carbocycles. The molecule has 0 fully saturated rings. The van der Waals surface area contributed by atoms with E-state index in [1.165, 1.54) is 7.11 Å². The second-order valence-electron chi connectivity index (χ2n) is 4.57. The maximum absolute atomic E-state index is 12.1. The molecule has 0 aliphatic rings. The van der Waals surface area contributed by atoms with Crippen LogP contribution < -0.4 is 0 Å². The predicted octanol–water partition coefficient (Wildman–Crippen LogP) is 5.26. The molecule has 0 radical (unpaired) electrons. The summed E-state index contributed by atoms with van der Waals surface area (Å²) in [5, 5.41) is 1.01. The van der Waals surface area contributed by atoms with Crippen LogP contribution in [-0.4, -0.2) is 13.1 Å². The number of carbonyl (C=O) groups excluding carboxylic acids is 1. The summed E-state index contributed by atoms with van der Waals surface area (Å²) in [4.78, 5) is 12.1. The summed E-state index contributed by atoms with van der Waals surface area (Å²) < 4.78 is 5.90. The second-order valence-corrected chi connectivity index (χ2v) is 6.33. The van der Waals surface area contributed by atoms with Gasteiger partial charge in [-0.1, -0.05) is 57.3 Å². The SMILES string of the molecule is COC(=O)[C@@H](Cc1ccc(Br)cc1)c1ccc(Cl)cc1Cl. The fourth-order valence-electron chi connectivity index (χ4n) is 2.10. The molecule has 0 heterocycles. The minimum atomic E-state index is -0.457. The van der Waals surface area contributed by atoms with E-state index in [0.717, 1.165) is 15.6 Å². The van der Waals surface area contributed by atoms with E-state index in [4.69, 9.17) is 27.9 Å². The highest BCUT2D eigenvalue weighted by molar-refractivity contribution is 9.10. The standard InChI is InChI=1S/C16H13BrCl2O2/c1-21-16(20)14(8-10-2-4-11(17)5-3-10)13-7-6-12(18)9-15(13)19/h2-7,9,14H,8H2,1H3/t14-/m0/s1. The van der Waals surface area contributed by atoms with Crippen LogP contribution in [0.15, 0.2) is 46.9 Å². The molecule has 0 spiro atoms. The Bertz CT molecular complexity index is 641. The third-order valence-electron chi connectivity index (χ3n) is 3.18. The Balaban J connectivity index is 2.34. The number of esters is 1. The first-order valence-electron chi connectivity index (χ1n) is 6.28. The van der Waals surface area contributed by atoms with Gasteiger partial charge in [0.15, 0.2) is 0 Å². The van der Waals surface area contributed by atoms with Gasteiger partial charge in [0.2, 0.25) is 0 Å². The van der Waals surface area contributed by atoms with E-state index in [9.17, 15) is 4.79 Å². The first-order chi connectivity index (χ1) is 10.0. The average molecular weight is 388 g/mol. The molecule has 2 nitrogen and oxygen atoms in total. The van der Waals surface area contributed by atoms with Crippen LogP contribution in [0.3, 0.4) is 0 Å². The van der Waals surface area contributed by atoms with Crippen LogP contribution in [0.25, 0.3) is 0 Å². The molecule has 21 heavy (non-hydrogen) atoms. The zero-order chi connectivity index (χ0) is 15.4. The number of hydrogen-bond donors (Lipinski definition) is 0. The quantitative estimate of drug-likeness (QED) is 0.669. The molecule has 110 valence electrons. The Hall–Kier alpha value is -1.03. The van der Waals surface area contributed by atoms with Gasteiger partial charge in [-0.25, -0.2) is 0 Å². The molecule has 0 bridgehead atoms. The van der Waals surface area contributed by atoms with Crippen LogP contribution in [-0.2, 0) is 16.0 Å². The van der Waals surface area contributed by atoms with E-state index < -0.39 is 5.92 Å². The van der Waals surface area contributed by atoms with Crippen molar-refractivity contribution in [3.63, 3.8) is 0 Å². The van der Waals surface area contributed by atoms with Crippen molar-refractivity contribution in [2.45, 2.75) is 12.3 Å². The average Bonchev–Trinajstić information content (AvgIpc) is 2.47. The smallest absolute Gasteiger partial charge is 0.313 e. The molecule has 1 atom stereocenters. The molecule has 0 aromatic heterocycles. The summed E-state index contributed by atoms with van der Waals surface area (Å²) in [6.45, 7) is 0. The van der Waals surface area contributed by atoms with Crippen LogP contribution in [0.4, 0.5) is 0 Å². The van der Waals surface area contributed by atoms with Crippen molar-refractivity contribution in [3.05, 3.63) is 68.1 Å². The lowest BCUT2D eigenvalue weighted by atomic mass is 9.92. The second kappa shape index (κ2) is 7.30. The summed E-state index contributed by atoms with van der Waals surface area (Å²) in [6.07, 6.45) is 0.515. The molecule has 0 aliphatic heterocycles. The molecule has 0 N–H and O–H groups in total. The van der Waals surface area contributed by atoms with Gasteiger partial charge in [-0.3, -0.25) is 4.79 Å². The summed E-state index contributed by atoms with van der Waals surface area (Å²) in [5.74, 6) is -0.775. The third-order valence-corrected chi connectivity index (χ3v) is 4.27. The van der Waals surface area contributed by atoms with E-state index in [1.54, 1.807) is 18.2 Å². The zero-order valence-electron chi connectivity index (χ0n) is 11.3. The lowest BCUT2D eigenvalue weighted by Gasteiger charge is -2.17. The minimum Gasteiger partial charge on any atom is -0.469 e. The van der Waals surface area contributed by atoms with E-state index in [0.29, 0.717) is 16.5 Å². The van der Waals surface area contributed by atoms with Gasteiger partial charge >= 0.3 is 5.97 Å². The number of carbonyl (C=O) groups is 1. The van der Waals surface area contributed by atoms with Crippen molar-refractivity contribution in [1.29, 1.82) is 0 Å². The number of ether oxygens (including phenoxy) is 1. The van der Waals surface area contributed by atoms with Crippen LogP contribution in [0, 0.1) is 0 Å². The van der Waals surface area contributed by atoms with E-state index in [-0.39, 0.29) is 5.97 Å². The van der Waals surface area contributed by atoms with Crippen molar-refractivity contribution in [1.82, 2.24) is 0 Å². The molecule has 0 unspecified atom stereocenters. The Morgan fingerprint density at radius 1 is 1.19 bits per heavy atom. The van der Waals surface area contributed by atoms with Crippen LogP contribution in [0.2, 0.25) is 10.0 Å². The lowest BCUT2D eigenvalue weighted by Crippen LogP contribution is -2.17. The summed E-state index contributed by atoms with van der Waals surface area (Å²) in [7, 11) is 1.38. The van der Waals surface area contributed by atoms with E-state index in [1.807, 2.05) is 24.3 Å². The van der Waals surface area contributed by atoms with Gasteiger partial charge in [0.25, 0.3) is 0 Å². The largest absolute Gasteiger partial charge is 0.469 e. The zero-order valence-corrected chi connectivity index (χ0v) is 14.4. The molecular formula is C16H13BrCl2O2. The van der Waals surface area contributed by atoms with Gasteiger partial charge in [-0.2, -0.15) is 0 Å². The Morgan fingerprint density at radius 3 is 2.43 bits per heavy atom. The number of halogens is 3. The number of rotatable bonds is 4. The van der Waals surface area contributed by atoms with Crippen LogP contribution in [0.5, 0.6) is 0 Å². The van der Waals surface area contributed by atoms with Crippen molar-refractivity contribution in [3.8, 4) is 0 Å². The van der Waals surface area contributed by atoms with Gasteiger partial charge in [0.05, 0.1) is 13.0 Å². The molecule has 2 aromatic rings. The van der Waals surface area contributed by atoms with Crippen molar-refractivity contribution in [2.75, 3.05) is 7.11 Å². The van der Waals surface area contributed by atoms with Gasteiger partial charge < -0.3 is 4.74 Å². The normalized spacial score (nSPS) is 12.0. The highest BCUT2D eigenvalue weighted by atomic mass is 79.9. The molecule has 2 aromatic carbocycles.